The minimum Gasteiger partial charge on any atom is -0.383 e. The van der Waals surface area contributed by atoms with Gasteiger partial charge in [0.2, 0.25) is 11.8 Å². The molecule has 186 valence electrons. The molecule has 0 bridgehead atoms. The second-order valence-corrected chi connectivity index (χ2v) is 8.56. The largest absolute Gasteiger partial charge is 0.383 e. The zero-order valence-electron chi connectivity index (χ0n) is 20.8. The summed E-state index contributed by atoms with van der Waals surface area (Å²) in [6, 6.07) is 22.0. The zero-order valence-corrected chi connectivity index (χ0v) is 20.8. The molecule has 0 saturated heterocycles. The van der Waals surface area contributed by atoms with Crippen molar-refractivity contribution in [3.05, 3.63) is 89.5 Å². The number of ether oxygens (including phenoxy) is 1. The average molecular weight is 486 g/mol. The summed E-state index contributed by atoms with van der Waals surface area (Å²) < 4.78 is 6.69. The average Bonchev–Trinajstić information content (AvgIpc) is 3.30. The summed E-state index contributed by atoms with van der Waals surface area (Å²) in [5, 5.41) is 11.3. The second kappa shape index (κ2) is 11.6. The van der Waals surface area contributed by atoms with E-state index in [2.05, 4.69) is 22.6 Å². The highest BCUT2D eigenvalue weighted by molar-refractivity contribution is 6.01. The summed E-state index contributed by atoms with van der Waals surface area (Å²) in [6.45, 7) is 4.66. The molecule has 0 aliphatic rings. The number of nitrogens with one attached hydrogen (secondary N) is 1. The van der Waals surface area contributed by atoms with Crippen LogP contribution in [0, 0.1) is 6.92 Å². The van der Waals surface area contributed by atoms with E-state index in [1.54, 1.807) is 16.7 Å². The summed E-state index contributed by atoms with van der Waals surface area (Å²) in [5.74, 6) is -0.553. The van der Waals surface area contributed by atoms with Crippen LogP contribution in [0.1, 0.15) is 29.7 Å². The maximum Gasteiger partial charge on any atom is 0.249 e. The predicted octanol–water partition coefficient (Wildman–Crippen LogP) is 3.84. The maximum absolute atomic E-state index is 14.0. The van der Waals surface area contributed by atoms with Crippen molar-refractivity contribution in [1.29, 1.82) is 0 Å². The number of anilines is 1. The molecule has 0 saturated carbocycles. The van der Waals surface area contributed by atoms with Crippen molar-refractivity contribution >= 4 is 28.5 Å². The molecule has 0 radical (unpaired) electrons. The van der Waals surface area contributed by atoms with Crippen LogP contribution in [0.15, 0.2) is 72.8 Å². The van der Waals surface area contributed by atoms with E-state index in [1.807, 2.05) is 79.7 Å². The minimum atomic E-state index is -0.877. The molecule has 4 aromatic rings. The molecule has 1 atom stereocenters. The highest BCUT2D eigenvalue weighted by Crippen LogP contribution is 2.31. The van der Waals surface area contributed by atoms with E-state index in [0.29, 0.717) is 24.4 Å². The van der Waals surface area contributed by atoms with E-state index in [4.69, 9.17) is 4.74 Å². The van der Waals surface area contributed by atoms with Gasteiger partial charge < -0.3 is 10.1 Å². The Bertz CT molecular complexity index is 1330. The van der Waals surface area contributed by atoms with Crippen LogP contribution in [0.25, 0.3) is 11.0 Å². The van der Waals surface area contributed by atoms with E-state index in [0.717, 1.165) is 28.6 Å². The Hall–Kier alpha value is -4.04. The third kappa shape index (κ3) is 5.44. The minimum absolute atomic E-state index is 0.0657. The highest BCUT2D eigenvalue weighted by Gasteiger charge is 2.34. The molecule has 2 amide bonds. The van der Waals surface area contributed by atoms with Gasteiger partial charge in [-0.3, -0.25) is 14.5 Å². The summed E-state index contributed by atoms with van der Waals surface area (Å²) in [4.78, 5) is 29.2. The lowest BCUT2D eigenvalue weighted by atomic mass is 9.98. The summed E-state index contributed by atoms with van der Waals surface area (Å²) in [7, 11) is 1.58. The normalized spacial score (nSPS) is 11.9. The lowest BCUT2D eigenvalue weighted by Gasteiger charge is -2.32. The van der Waals surface area contributed by atoms with Crippen LogP contribution in [-0.2, 0) is 27.3 Å². The van der Waals surface area contributed by atoms with Gasteiger partial charge in [-0.2, -0.15) is 0 Å². The van der Waals surface area contributed by atoms with E-state index < -0.39 is 6.04 Å². The lowest BCUT2D eigenvalue weighted by Crippen LogP contribution is -2.46. The number of methoxy groups -OCH3 is 1. The maximum atomic E-state index is 14.0. The van der Waals surface area contributed by atoms with Crippen molar-refractivity contribution in [2.45, 2.75) is 32.9 Å². The molecule has 0 aliphatic heterocycles. The van der Waals surface area contributed by atoms with E-state index in [1.165, 1.54) is 0 Å². The Morgan fingerprint density at radius 2 is 1.75 bits per heavy atom. The van der Waals surface area contributed by atoms with Gasteiger partial charge in [0, 0.05) is 19.3 Å². The number of amides is 2. The van der Waals surface area contributed by atoms with Crippen LogP contribution in [0.2, 0.25) is 0 Å². The Morgan fingerprint density at radius 3 is 2.47 bits per heavy atom. The van der Waals surface area contributed by atoms with Crippen molar-refractivity contribution < 1.29 is 14.3 Å². The number of hydrogen-bond acceptors (Lipinski definition) is 5. The first-order valence-electron chi connectivity index (χ1n) is 12.0. The number of fused-ring (bicyclic) bond motifs is 1. The molecule has 8 heteroatoms. The van der Waals surface area contributed by atoms with Crippen LogP contribution >= 0.6 is 0 Å². The first-order valence-corrected chi connectivity index (χ1v) is 12.0. The monoisotopic (exact) mass is 485 g/mol. The molecule has 0 unspecified atom stereocenters. The van der Waals surface area contributed by atoms with Gasteiger partial charge in [-0.1, -0.05) is 60.7 Å². The number of aryl methyl sites for hydroxylation is 2. The molecular weight excluding hydrogens is 454 g/mol. The first-order chi connectivity index (χ1) is 17.5. The zero-order chi connectivity index (χ0) is 25.5. The van der Waals surface area contributed by atoms with E-state index in [9.17, 15) is 9.59 Å². The molecule has 1 N–H and O–H groups in total. The van der Waals surface area contributed by atoms with Gasteiger partial charge in [0.25, 0.3) is 0 Å². The molecule has 0 fully saturated rings. The number of para-hydroxylation sites is 1. The molecule has 4 rings (SSSR count). The van der Waals surface area contributed by atoms with E-state index in [-0.39, 0.29) is 18.4 Å². The Kier molecular flexibility index (Phi) is 8.07. The molecule has 1 heterocycles. The van der Waals surface area contributed by atoms with E-state index >= 15 is 0 Å². The second-order valence-electron chi connectivity index (χ2n) is 8.56. The van der Waals surface area contributed by atoms with Gasteiger partial charge in [0.1, 0.15) is 18.1 Å². The van der Waals surface area contributed by atoms with Crippen molar-refractivity contribution in [1.82, 2.24) is 20.3 Å². The molecule has 1 aromatic heterocycles. The quantitative estimate of drug-likeness (QED) is 0.345. The van der Waals surface area contributed by atoms with Crippen molar-refractivity contribution in [2.24, 2.45) is 0 Å². The summed E-state index contributed by atoms with van der Waals surface area (Å²) in [5.41, 5.74) is 4.91. The predicted molar refractivity (Wildman–Crippen MR) is 140 cm³/mol. The number of nitrogens with zero attached hydrogens (tertiary/aromatic N) is 4. The van der Waals surface area contributed by atoms with Crippen molar-refractivity contribution in [3.8, 4) is 0 Å². The fourth-order valence-electron chi connectivity index (χ4n) is 4.23. The number of rotatable bonds is 10. The topological polar surface area (TPSA) is 89.4 Å². The number of carbonyl (C=O) groups is 2. The number of carbonyl (C=O) groups excluding carboxylic acids is 2. The van der Waals surface area contributed by atoms with Crippen molar-refractivity contribution in [3.63, 3.8) is 0 Å². The van der Waals surface area contributed by atoms with Gasteiger partial charge >= 0.3 is 0 Å². The Labute approximate surface area is 210 Å². The molecule has 36 heavy (non-hydrogen) atoms. The molecular formula is C28H31N5O3. The fourth-order valence-corrected chi connectivity index (χ4v) is 4.23. The molecule has 8 nitrogen and oxygen atoms in total. The van der Waals surface area contributed by atoms with Crippen LogP contribution in [0.4, 0.5) is 5.69 Å². The van der Waals surface area contributed by atoms with Gasteiger partial charge in [-0.15, -0.1) is 5.10 Å². The molecule has 0 spiro atoms. The Morgan fingerprint density at radius 1 is 1.03 bits per heavy atom. The smallest absolute Gasteiger partial charge is 0.249 e. The van der Waals surface area contributed by atoms with Gasteiger partial charge in [0.15, 0.2) is 0 Å². The van der Waals surface area contributed by atoms with Crippen molar-refractivity contribution in [2.75, 3.05) is 25.2 Å². The number of benzene rings is 3. The molecule has 0 aliphatic carbocycles. The molecule has 3 aromatic carbocycles. The van der Waals surface area contributed by atoms with Crippen LogP contribution in [-0.4, -0.2) is 47.1 Å². The van der Waals surface area contributed by atoms with Gasteiger partial charge in [-0.25, -0.2) is 4.68 Å². The van der Waals surface area contributed by atoms with Crippen LogP contribution < -0.4 is 10.2 Å². The number of aromatic nitrogens is 3. The fraction of sp³-hybridized carbons (Fsp3) is 0.286. The van der Waals surface area contributed by atoms with Gasteiger partial charge in [0.05, 0.1) is 12.1 Å². The summed E-state index contributed by atoms with van der Waals surface area (Å²) >= 11 is 0. The first kappa shape index (κ1) is 25.1. The lowest BCUT2D eigenvalue weighted by molar-refractivity contribution is -0.127. The third-order valence-corrected chi connectivity index (χ3v) is 6.19. The third-order valence-electron chi connectivity index (χ3n) is 6.19. The standard InChI is InChI=1S/C28H31N5O3/c1-4-21-13-15-22(16-14-21)33(26(34)19-32-25-12-8-7-11-24(25)30-31-32)27(28(35)29-17-18-36-3)23-10-6-5-9-20(23)2/h5-16,27H,4,17-19H2,1-3H3,(H,29,35)/t27-/m0/s1. The highest BCUT2D eigenvalue weighted by atomic mass is 16.5. The van der Waals surface area contributed by atoms with Crippen LogP contribution in [0.5, 0.6) is 0 Å². The SMILES string of the molecule is CCc1ccc(N(C(=O)Cn2nnc3ccccc32)[C@H](C(=O)NCCOC)c2ccccc2C)cc1. The number of hydrogen-bond donors (Lipinski definition) is 1. The van der Waals surface area contributed by atoms with Gasteiger partial charge in [-0.05, 0) is 54.3 Å². The Balaban J connectivity index is 1.79. The van der Waals surface area contributed by atoms with Crippen LogP contribution in [0.3, 0.4) is 0 Å². The summed E-state index contributed by atoms with van der Waals surface area (Å²) in [6.07, 6.45) is 0.873.